The molecule has 2 unspecified atom stereocenters. The zero-order valence-corrected chi connectivity index (χ0v) is 19.0. The van der Waals surface area contributed by atoms with Crippen molar-refractivity contribution >= 4 is 22.9 Å². The van der Waals surface area contributed by atoms with Crippen LogP contribution in [-0.2, 0) is 15.7 Å². The van der Waals surface area contributed by atoms with E-state index in [1.54, 1.807) is 12.1 Å². The molecule has 0 spiro atoms. The van der Waals surface area contributed by atoms with Crippen molar-refractivity contribution in [1.82, 2.24) is 8.23 Å². The summed E-state index contributed by atoms with van der Waals surface area (Å²) in [7, 11) is 1.70. The van der Waals surface area contributed by atoms with E-state index in [0.29, 0.717) is 26.2 Å². The Bertz CT molecular complexity index is 592. The minimum Gasteiger partial charge on any atom is -0.379 e. The van der Waals surface area contributed by atoms with Crippen LogP contribution in [0.25, 0.3) is 0 Å². The van der Waals surface area contributed by atoms with Crippen LogP contribution in [0.15, 0.2) is 24.3 Å². The maximum Gasteiger partial charge on any atom is 0.416 e. The Labute approximate surface area is 179 Å². The molecule has 28 heavy (non-hydrogen) atoms. The minimum absolute atomic E-state index is 0.205. The van der Waals surface area contributed by atoms with Crippen molar-refractivity contribution < 1.29 is 27.8 Å². The SMILES string of the molecule is CCCCC(C)(OCCOCC)N(C)N(I)C(O)c1ccccc1C(F)(F)F. The number of nitrogens with zero attached hydrogens (tertiary/aromatic N) is 2. The highest BCUT2D eigenvalue weighted by atomic mass is 127. The molecule has 0 saturated carbocycles. The second kappa shape index (κ2) is 11.7. The molecular formula is C19H30F3IN2O3. The number of alkyl halides is 3. The smallest absolute Gasteiger partial charge is 0.379 e. The number of hydrogen-bond acceptors (Lipinski definition) is 5. The van der Waals surface area contributed by atoms with Crippen molar-refractivity contribution in [1.29, 1.82) is 0 Å². The van der Waals surface area contributed by atoms with E-state index in [-0.39, 0.29) is 5.56 Å². The van der Waals surface area contributed by atoms with Gasteiger partial charge in [0.25, 0.3) is 0 Å². The fraction of sp³-hybridized carbons (Fsp3) is 0.684. The third-order valence-corrected chi connectivity index (χ3v) is 5.73. The van der Waals surface area contributed by atoms with Gasteiger partial charge in [0, 0.05) is 42.1 Å². The van der Waals surface area contributed by atoms with Crippen molar-refractivity contribution in [2.45, 2.75) is 58.2 Å². The maximum atomic E-state index is 13.3. The van der Waals surface area contributed by atoms with Gasteiger partial charge >= 0.3 is 6.18 Å². The highest BCUT2D eigenvalue weighted by Gasteiger charge is 2.39. The van der Waals surface area contributed by atoms with Gasteiger partial charge in [-0.05, 0) is 32.8 Å². The topological polar surface area (TPSA) is 45.2 Å². The van der Waals surface area contributed by atoms with Crippen LogP contribution in [-0.4, -0.2) is 45.9 Å². The van der Waals surface area contributed by atoms with Crippen molar-refractivity contribution in [3.05, 3.63) is 35.4 Å². The molecule has 0 fully saturated rings. The number of hydrogen-bond donors (Lipinski definition) is 1. The Balaban J connectivity index is 3.03. The number of benzene rings is 1. The third-order valence-electron chi connectivity index (χ3n) is 4.56. The number of unbranched alkanes of at least 4 members (excludes halogenated alkanes) is 1. The van der Waals surface area contributed by atoms with Gasteiger partial charge in [-0.1, -0.05) is 31.5 Å². The van der Waals surface area contributed by atoms with Gasteiger partial charge in [0.1, 0.15) is 5.72 Å². The molecule has 9 heteroatoms. The average molecular weight is 518 g/mol. The van der Waals surface area contributed by atoms with Crippen LogP contribution >= 0.6 is 22.9 Å². The second-order valence-electron chi connectivity index (χ2n) is 6.59. The molecular weight excluding hydrogens is 488 g/mol. The fourth-order valence-corrected chi connectivity index (χ4v) is 3.51. The molecule has 0 radical (unpaired) electrons. The Kier molecular flexibility index (Phi) is 10.6. The van der Waals surface area contributed by atoms with E-state index in [4.69, 9.17) is 9.47 Å². The van der Waals surface area contributed by atoms with E-state index in [9.17, 15) is 18.3 Å². The number of halogens is 4. The summed E-state index contributed by atoms with van der Waals surface area (Å²) in [4.78, 5) is 0. The Morgan fingerprint density at radius 1 is 1.18 bits per heavy atom. The van der Waals surface area contributed by atoms with Crippen molar-refractivity contribution in [2.24, 2.45) is 0 Å². The highest BCUT2D eigenvalue weighted by Crippen LogP contribution is 2.38. The summed E-state index contributed by atoms with van der Waals surface area (Å²) in [6.07, 6.45) is -3.57. The van der Waals surface area contributed by atoms with Crippen LogP contribution in [0.1, 0.15) is 57.4 Å². The molecule has 0 aliphatic rings. The largest absolute Gasteiger partial charge is 0.416 e. The van der Waals surface area contributed by atoms with E-state index in [1.165, 1.54) is 21.4 Å². The maximum absolute atomic E-state index is 13.3. The summed E-state index contributed by atoms with van der Waals surface area (Å²) in [6, 6.07) is 5.04. The van der Waals surface area contributed by atoms with Gasteiger partial charge in [-0.15, -0.1) is 3.22 Å². The van der Waals surface area contributed by atoms with E-state index in [2.05, 4.69) is 6.92 Å². The molecule has 5 nitrogen and oxygen atoms in total. The minimum atomic E-state index is -4.55. The fourth-order valence-electron chi connectivity index (χ4n) is 2.76. The molecule has 0 saturated heterocycles. The van der Waals surface area contributed by atoms with Crippen LogP contribution in [0, 0.1) is 0 Å². The van der Waals surface area contributed by atoms with Gasteiger partial charge < -0.3 is 14.6 Å². The zero-order chi connectivity index (χ0) is 21.4. The molecule has 162 valence electrons. The molecule has 0 aromatic heterocycles. The molecule has 0 amide bonds. The van der Waals surface area contributed by atoms with E-state index >= 15 is 0 Å². The third kappa shape index (κ3) is 7.10. The Morgan fingerprint density at radius 3 is 2.39 bits per heavy atom. The number of aliphatic hydroxyl groups excluding tert-OH is 1. The van der Waals surface area contributed by atoms with Crippen molar-refractivity contribution in [2.75, 3.05) is 26.9 Å². The number of rotatable bonds is 12. The van der Waals surface area contributed by atoms with Crippen LogP contribution in [0.3, 0.4) is 0 Å². The normalized spacial score (nSPS) is 15.8. The molecule has 1 aromatic carbocycles. The van der Waals surface area contributed by atoms with Gasteiger partial charge in [0.2, 0.25) is 0 Å². The summed E-state index contributed by atoms with van der Waals surface area (Å²) >= 11 is 1.82. The average Bonchev–Trinajstić information content (AvgIpc) is 2.67. The van der Waals surface area contributed by atoms with Crippen LogP contribution in [0.4, 0.5) is 13.2 Å². The van der Waals surface area contributed by atoms with Gasteiger partial charge in [-0.3, -0.25) is 0 Å². The van der Waals surface area contributed by atoms with Gasteiger partial charge in [0.05, 0.1) is 18.8 Å². The number of ether oxygens (including phenoxy) is 2. The summed E-state index contributed by atoms with van der Waals surface area (Å²) < 4.78 is 52.7. The zero-order valence-electron chi connectivity index (χ0n) is 16.8. The van der Waals surface area contributed by atoms with Crippen LogP contribution in [0.2, 0.25) is 0 Å². The molecule has 1 rings (SSSR count). The van der Waals surface area contributed by atoms with Gasteiger partial charge in [0.15, 0.2) is 6.23 Å². The van der Waals surface area contributed by atoms with Gasteiger partial charge in [-0.2, -0.15) is 13.2 Å². The molecule has 0 aliphatic heterocycles. The summed E-state index contributed by atoms with van der Waals surface area (Å²) in [5.41, 5.74) is -1.86. The predicted octanol–water partition coefficient (Wildman–Crippen LogP) is 5.15. The molecule has 1 aromatic rings. The van der Waals surface area contributed by atoms with Crippen molar-refractivity contribution in [3.63, 3.8) is 0 Å². The number of hydrazine groups is 1. The summed E-state index contributed by atoms with van der Waals surface area (Å²) in [6.45, 7) is 7.16. The Morgan fingerprint density at radius 2 is 1.82 bits per heavy atom. The summed E-state index contributed by atoms with van der Waals surface area (Å²) in [5.74, 6) is 0. The first-order chi connectivity index (χ1) is 13.1. The van der Waals surface area contributed by atoms with E-state index in [1.807, 2.05) is 36.7 Å². The standard InChI is InChI=1S/C19H30F3IN2O3/c1-5-7-12-18(3,28-14-13-27-6-2)24(4)25(23)17(26)15-10-8-9-11-16(15)19(20,21)22/h8-11,17,26H,5-7,12-14H2,1-4H3. The molecule has 1 N–H and O–H groups in total. The van der Waals surface area contributed by atoms with Crippen LogP contribution < -0.4 is 0 Å². The number of aliphatic hydroxyl groups is 1. The first-order valence-corrected chi connectivity index (χ1v) is 10.3. The van der Waals surface area contributed by atoms with Crippen molar-refractivity contribution in [3.8, 4) is 0 Å². The lowest BCUT2D eigenvalue weighted by Gasteiger charge is -2.44. The molecule has 2 atom stereocenters. The Hall–Kier alpha value is -0.460. The quantitative estimate of drug-likeness (QED) is 0.136. The second-order valence-corrected chi connectivity index (χ2v) is 7.58. The predicted molar refractivity (Wildman–Crippen MR) is 110 cm³/mol. The lowest BCUT2D eigenvalue weighted by atomic mass is 10.1. The molecule has 0 bridgehead atoms. The van der Waals surface area contributed by atoms with E-state index in [0.717, 1.165) is 18.9 Å². The van der Waals surface area contributed by atoms with Gasteiger partial charge in [-0.25, -0.2) is 5.01 Å². The molecule has 0 aliphatic carbocycles. The first kappa shape index (κ1) is 25.6. The van der Waals surface area contributed by atoms with E-state index < -0.39 is 23.7 Å². The highest BCUT2D eigenvalue weighted by molar-refractivity contribution is 14.1. The lowest BCUT2D eigenvalue weighted by molar-refractivity contribution is -0.218. The van der Waals surface area contributed by atoms with Crippen LogP contribution in [0.5, 0.6) is 0 Å². The monoisotopic (exact) mass is 518 g/mol. The lowest BCUT2D eigenvalue weighted by Crippen LogP contribution is -2.53. The molecule has 0 heterocycles. The first-order valence-electron chi connectivity index (χ1n) is 9.33. The summed E-state index contributed by atoms with van der Waals surface area (Å²) in [5, 5.41) is 12.3.